The van der Waals surface area contributed by atoms with Gasteiger partial charge in [-0.1, -0.05) is 0 Å². The van der Waals surface area contributed by atoms with Crippen molar-refractivity contribution in [2.45, 2.75) is 0 Å². The minimum absolute atomic E-state index is 0. The zero-order chi connectivity index (χ0) is 4.50. The summed E-state index contributed by atoms with van der Waals surface area (Å²) in [7, 11) is -4.61. The van der Waals surface area contributed by atoms with Gasteiger partial charge in [-0.2, -0.15) is 0 Å². The van der Waals surface area contributed by atoms with Crippen molar-refractivity contribution in [3.05, 3.63) is 0 Å². The van der Waals surface area contributed by atoms with Crippen molar-refractivity contribution in [1.29, 1.82) is 0 Å². The molecule has 0 unspecified atom stereocenters. The van der Waals surface area contributed by atoms with Gasteiger partial charge in [0.15, 0.2) is 0 Å². The molecular formula is H5CoLiO4Si. The van der Waals surface area contributed by atoms with Gasteiger partial charge < -0.3 is 19.2 Å². The summed E-state index contributed by atoms with van der Waals surface area (Å²) in [6, 6.07) is 0. The van der Waals surface area contributed by atoms with Crippen LogP contribution in [0.1, 0.15) is 0 Å². The molecule has 0 aromatic carbocycles. The Labute approximate surface area is 64.0 Å². The quantitative estimate of drug-likeness (QED) is 0.282. The second-order valence-electron chi connectivity index (χ2n) is 0.600. The number of hydrogen-bond acceptors (Lipinski definition) is 4. The van der Waals surface area contributed by atoms with Gasteiger partial charge in [-0.25, -0.2) is 0 Å². The van der Waals surface area contributed by atoms with Crippen LogP contribution in [0.5, 0.6) is 0 Å². The zero-order valence-corrected chi connectivity index (χ0v) is 4.66. The van der Waals surface area contributed by atoms with Crippen molar-refractivity contribution in [3.8, 4) is 0 Å². The first-order chi connectivity index (χ1) is 2.00. The van der Waals surface area contributed by atoms with E-state index in [4.69, 9.17) is 19.2 Å². The molecule has 0 heterocycles. The molecule has 4 N–H and O–H groups in total. The molecule has 0 fully saturated rings. The predicted octanol–water partition coefficient (Wildman–Crippen LogP) is -3.26. The Morgan fingerprint density at radius 1 is 0.857 bits per heavy atom. The van der Waals surface area contributed by atoms with Crippen LogP contribution in [0.2, 0.25) is 0 Å². The molecule has 4 nitrogen and oxygen atoms in total. The maximum atomic E-state index is 7.33. The van der Waals surface area contributed by atoms with E-state index in [2.05, 4.69) is 0 Å². The Hall–Kier alpha value is 1.16. The summed E-state index contributed by atoms with van der Waals surface area (Å²) in [5, 5.41) is 0. The van der Waals surface area contributed by atoms with Crippen LogP contribution in [0.15, 0.2) is 0 Å². The van der Waals surface area contributed by atoms with E-state index in [1.807, 2.05) is 0 Å². The van der Waals surface area contributed by atoms with Crippen molar-refractivity contribution in [2.24, 2.45) is 0 Å². The van der Waals surface area contributed by atoms with Crippen LogP contribution < -0.4 is 0 Å². The summed E-state index contributed by atoms with van der Waals surface area (Å²) in [5.41, 5.74) is 0. The fourth-order valence-corrected chi connectivity index (χ4v) is 0. The van der Waals surface area contributed by atoms with Gasteiger partial charge in [0.25, 0.3) is 0 Å². The molecule has 0 saturated carbocycles. The van der Waals surface area contributed by atoms with Crippen molar-refractivity contribution < 1.29 is 36.0 Å². The molecule has 7 heavy (non-hydrogen) atoms. The average Bonchev–Trinajstić information content (AvgIpc) is 0.722. The van der Waals surface area contributed by atoms with Crippen LogP contribution in [0.25, 0.3) is 0 Å². The normalized spacial score (nSPS) is 8.57. The molecule has 0 amide bonds. The van der Waals surface area contributed by atoms with Crippen LogP contribution in [-0.4, -0.2) is 47.1 Å². The zero-order valence-electron chi connectivity index (χ0n) is 2.62. The van der Waals surface area contributed by atoms with Gasteiger partial charge in [-0.3, -0.25) is 0 Å². The molecule has 0 rings (SSSR count). The fraction of sp³-hybridized carbons (Fsp3) is 0. The van der Waals surface area contributed by atoms with E-state index < -0.39 is 9.05 Å². The summed E-state index contributed by atoms with van der Waals surface area (Å²) in [4.78, 5) is 29.3. The van der Waals surface area contributed by atoms with Crippen molar-refractivity contribution in [3.63, 3.8) is 0 Å². The van der Waals surface area contributed by atoms with Crippen LogP contribution in [0.4, 0.5) is 0 Å². The first-order valence-electron chi connectivity index (χ1n) is 0.894. The number of rotatable bonds is 0. The van der Waals surface area contributed by atoms with Crippen molar-refractivity contribution in [1.82, 2.24) is 0 Å². The molecule has 0 saturated heterocycles. The maximum absolute atomic E-state index is 7.33. The minimum atomic E-state index is -4.61. The topological polar surface area (TPSA) is 80.9 Å². The molecule has 7 heteroatoms. The van der Waals surface area contributed by atoms with Crippen LogP contribution in [-0.2, 0) is 16.8 Å². The van der Waals surface area contributed by atoms with E-state index in [9.17, 15) is 0 Å². The molecule has 43 valence electrons. The van der Waals surface area contributed by atoms with E-state index in [0.717, 1.165) is 0 Å². The van der Waals surface area contributed by atoms with E-state index in [0.29, 0.717) is 0 Å². The second kappa shape index (κ2) is 5.30. The standard InChI is InChI=1S/Co.Li.H4O4Si.H/c;;1-5(2,3)4;/h;;1-4H;. The molecule has 0 aliphatic carbocycles. The van der Waals surface area contributed by atoms with Gasteiger partial charge in [0, 0.05) is 16.8 Å². The molecule has 1 radical (unpaired) electrons. The number of hydrogen-bond donors (Lipinski definition) is 4. The third-order valence-electron chi connectivity index (χ3n) is 0. The molecule has 0 aromatic heterocycles. The molecule has 0 aromatic rings. The molecular weight excluding hydrogens is 158 g/mol. The van der Waals surface area contributed by atoms with E-state index in [-0.39, 0.29) is 35.6 Å². The Morgan fingerprint density at radius 3 is 0.857 bits per heavy atom. The first kappa shape index (κ1) is 15.7. The third kappa shape index (κ3) is 142. The monoisotopic (exact) mass is 163 g/mol. The van der Waals surface area contributed by atoms with Gasteiger partial charge in [-0.05, 0) is 0 Å². The predicted molar refractivity (Wildman–Crippen MR) is 21.8 cm³/mol. The fourth-order valence-electron chi connectivity index (χ4n) is 0. The SMILES string of the molecule is O[Si](O)(O)O.[Co].[LiH]. The van der Waals surface area contributed by atoms with Crippen molar-refractivity contribution in [2.75, 3.05) is 0 Å². The van der Waals surface area contributed by atoms with E-state index in [1.165, 1.54) is 0 Å². The summed E-state index contributed by atoms with van der Waals surface area (Å²) in [6.45, 7) is 0. The summed E-state index contributed by atoms with van der Waals surface area (Å²) < 4.78 is 0. The van der Waals surface area contributed by atoms with Crippen LogP contribution in [0, 0.1) is 0 Å². The van der Waals surface area contributed by atoms with Gasteiger partial charge in [0.1, 0.15) is 0 Å². The molecule has 0 bridgehead atoms. The summed E-state index contributed by atoms with van der Waals surface area (Å²) >= 11 is 0. The second-order valence-corrected chi connectivity index (χ2v) is 1.80. The molecule has 0 aliphatic heterocycles. The average molecular weight is 163 g/mol. The van der Waals surface area contributed by atoms with Crippen molar-refractivity contribution >= 4 is 27.9 Å². The Bertz CT molecular complexity index is 27.2. The van der Waals surface area contributed by atoms with Gasteiger partial charge >= 0.3 is 27.9 Å². The third-order valence-corrected chi connectivity index (χ3v) is 0. The Balaban J connectivity index is -0.0000000800. The first-order valence-corrected chi connectivity index (χ1v) is 2.68. The summed E-state index contributed by atoms with van der Waals surface area (Å²) in [5.74, 6) is 0. The van der Waals surface area contributed by atoms with Crippen LogP contribution in [0.3, 0.4) is 0 Å². The molecule has 0 aliphatic rings. The molecule has 0 atom stereocenters. The van der Waals surface area contributed by atoms with Gasteiger partial charge in [-0.15, -0.1) is 0 Å². The summed E-state index contributed by atoms with van der Waals surface area (Å²) in [6.07, 6.45) is 0. The Morgan fingerprint density at radius 2 is 0.857 bits per heavy atom. The van der Waals surface area contributed by atoms with E-state index >= 15 is 0 Å². The molecule has 0 spiro atoms. The van der Waals surface area contributed by atoms with Crippen LogP contribution >= 0.6 is 0 Å². The Kier molecular flexibility index (Phi) is 11.9. The van der Waals surface area contributed by atoms with Gasteiger partial charge in [0.05, 0.1) is 0 Å². The van der Waals surface area contributed by atoms with Gasteiger partial charge in [0.2, 0.25) is 0 Å². The van der Waals surface area contributed by atoms with E-state index in [1.54, 1.807) is 0 Å².